The van der Waals surface area contributed by atoms with Crippen LogP contribution in [0.1, 0.15) is 11.1 Å². The number of pyridine rings is 1. The lowest BCUT2D eigenvalue weighted by Gasteiger charge is -2.14. The van der Waals surface area contributed by atoms with Crippen LogP contribution in [0.25, 0.3) is 21.5 Å². The molecule has 0 aliphatic heterocycles. The van der Waals surface area contributed by atoms with Crippen molar-refractivity contribution in [3.05, 3.63) is 35.5 Å². The molecule has 7 heteroatoms. The van der Waals surface area contributed by atoms with Gasteiger partial charge < -0.3 is 15.1 Å². The van der Waals surface area contributed by atoms with Gasteiger partial charge in [-0.3, -0.25) is 4.79 Å². The smallest absolute Gasteiger partial charge is 0.238 e. The van der Waals surface area contributed by atoms with E-state index in [0.717, 1.165) is 43.4 Å². The molecule has 142 valence electrons. The summed E-state index contributed by atoms with van der Waals surface area (Å²) in [4.78, 5) is 26.3. The van der Waals surface area contributed by atoms with Gasteiger partial charge in [0, 0.05) is 31.4 Å². The van der Waals surface area contributed by atoms with Crippen LogP contribution < -0.4 is 10.2 Å². The molecule has 6 nitrogen and oxygen atoms in total. The van der Waals surface area contributed by atoms with Crippen molar-refractivity contribution in [1.29, 1.82) is 0 Å². The van der Waals surface area contributed by atoms with Gasteiger partial charge in [-0.1, -0.05) is 11.3 Å². The van der Waals surface area contributed by atoms with Gasteiger partial charge in [-0.15, -0.1) is 0 Å². The normalized spacial score (nSPS) is 11.2. The van der Waals surface area contributed by atoms with Gasteiger partial charge in [-0.05, 0) is 57.3 Å². The minimum atomic E-state index is -0.0339. The van der Waals surface area contributed by atoms with Gasteiger partial charge in [0.2, 0.25) is 5.91 Å². The Bertz CT molecular complexity index is 993. The second-order valence-electron chi connectivity index (χ2n) is 7.20. The summed E-state index contributed by atoms with van der Waals surface area (Å²) in [6.45, 7) is 4.44. The zero-order valence-electron chi connectivity index (χ0n) is 16.6. The van der Waals surface area contributed by atoms with Crippen molar-refractivity contribution in [2.24, 2.45) is 0 Å². The molecule has 0 bridgehead atoms. The molecule has 0 saturated carbocycles. The van der Waals surface area contributed by atoms with Crippen LogP contribution in [0, 0.1) is 13.8 Å². The monoisotopic (exact) mass is 383 g/mol. The average molecular weight is 384 g/mol. The maximum Gasteiger partial charge on any atom is 0.238 e. The molecule has 3 rings (SSSR count). The SMILES string of the molecule is Cc1cc2c(C)cc(-c3cnc(N(C)C)s3)nc2cc1NC(=O)CN(C)C. The van der Waals surface area contributed by atoms with E-state index < -0.39 is 0 Å². The summed E-state index contributed by atoms with van der Waals surface area (Å²) < 4.78 is 0. The first-order valence-electron chi connectivity index (χ1n) is 8.74. The number of thiazole rings is 1. The zero-order chi connectivity index (χ0) is 19.7. The number of anilines is 2. The molecule has 0 unspecified atom stereocenters. The number of aryl methyl sites for hydroxylation is 2. The Hall–Kier alpha value is -2.51. The number of aromatic nitrogens is 2. The molecule has 0 aliphatic rings. The first kappa shape index (κ1) is 19.3. The van der Waals surface area contributed by atoms with Gasteiger partial charge in [0.1, 0.15) is 0 Å². The highest BCUT2D eigenvalue weighted by atomic mass is 32.1. The highest BCUT2D eigenvalue weighted by Crippen LogP contribution is 2.33. The molecule has 1 N–H and O–H groups in total. The third-order valence-corrected chi connectivity index (χ3v) is 5.41. The van der Waals surface area contributed by atoms with Gasteiger partial charge in [-0.2, -0.15) is 0 Å². The number of carbonyl (C=O) groups excluding carboxylic acids is 1. The fourth-order valence-corrected chi connectivity index (χ4v) is 3.68. The lowest BCUT2D eigenvalue weighted by atomic mass is 10.0. The molecule has 0 fully saturated rings. The Morgan fingerprint density at radius 2 is 1.85 bits per heavy atom. The summed E-state index contributed by atoms with van der Waals surface area (Å²) in [5.41, 5.74) is 4.76. The van der Waals surface area contributed by atoms with Crippen molar-refractivity contribution < 1.29 is 4.79 Å². The van der Waals surface area contributed by atoms with E-state index in [-0.39, 0.29) is 5.91 Å². The topological polar surface area (TPSA) is 61.4 Å². The Labute approximate surface area is 163 Å². The number of amides is 1. The van der Waals surface area contributed by atoms with Crippen molar-refractivity contribution in [1.82, 2.24) is 14.9 Å². The van der Waals surface area contributed by atoms with E-state index in [4.69, 9.17) is 4.98 Å². The number of hydrogen-bond acceptors (Lipinski definition) is 6. The minimum Gasteiger partial charge on any atom is -0.354 e. The van der Waals surface area contributed by atoms with Crippen LogP contribution in [0.2, 0.25) is 0 Å². The molecule has 2 heterocycles. The van der Waals surface area contributed by atoms with Gasteiger partial charge in [-0.25, -0.2) is 9.97 Å². The van der Waals surface area contributed by atoms with Crippen molar-refractivity contribution in [2.75, 3.05) is 45.0 Å². The second-order valence-corrected chi connectivity index (χ2v) is 8.21. The zero-order valence-corrected chi connectivity index (χ0v) is 17.4. The largest absolute Gasteiger partial charge is 0.354 e. The quantitative estimate of drug-likeness (QED) is 0.730. The van der Waals surface area contributed by atoms with Gasteiger partial charge >= 0.3 is 0 Å². The summed E-state index contributed by atoms with van der Waals surface area (Å²) >= 11 is 1.61. The van der Waals surface area contributed by atoms with Crippen LogP contribution in [-0.4, -0.2) is 55.5 Å². The number of rotatable bonds is 5. The van der Waals surface area contributed by atoms with Crippen molar-refractivity contribution in [2.45, 2.75) is 13.8 Å². The van der Waals surface area contributed by atoms with E-state index in [1.54, 1.807) is 11.3 Å². The number of fused-ring (bicyclic) bond motifs is 1. The highest BCUT2D eigenvalue weighted by molar-refractivity contribution is 7.18. The number of likely N-dealkylation sites (N-methyl/N-ethyl adjacent to an activating group) is 1. The predicted molar refractivity (Wildman–Crippen MR) is 114 cm³/mol. The third-order valence-electron chi connectivity index (χ3n) is 4.22. The lowest BCUT2D eigenvalue weighted by Crippen LogP contribution is -2.27. The van der Waals surface area contributed by atoms with Crippen LogP contribution in [0.15, 0.2) is 24.4 Å². The van der Waals surface area contributed by atoms with E-state index in [2.05, 4.69) is 29.4 Å². The number of carbonyl (C=O) groups is 1. The summed E-state index contributed by atoms with van der Waals surface area (Å²) in [5, 5.41) is 5.04. The lowest BCUT2D eigenvalue weighted by molar-refractivity contribution is -0.116. The van der Waals surface area contributed by atoms with Crippen molar-refractivity contribution >= 4 is 39.0 Å². The van der Waals surface area contributed by atoms with E-state index in [1.165, 1.54) is 0 Å². The van der Waals surface area contributed by atoms with Gasteiger partial charge in [0.15, 0.2) is 5.13 Å². The summed E-state index contributed by atoms with van der Waals surface area (Å²) in [7, 11) is 7.71. The summed E-state index contributed by atoms with van der Waals surface area (Å²) in [6, 6.07) is 6.15. The van der Waals surface area contributed by atoms with E-state index in [9.17, 15) is 4.79 Å². The number of benzene rings is 1. The van der Waals surface area contributed by atoms with E-state index >= 15 is 0 Å². The minimum absolute atomic E-state index is 0.0339. The second kappa shape index (κ2) is 7.62. The molecule has 27 heavy (non-hydrogen) atoms. The Kier molecular flexibility index (Phi) is 5.43. The van der Waals surface area contributed by atoms with Gasteiger partial charge in [0.05, 0.1) is 22.6 Å². The fraction of sp³-hybridized carbons (Fsp3) is 0.350. The molecule has 0 aliphatic carbocycles. The predicted octanol–water partition coefficient (Wildman–Crippen LogP) is 3.54. The molecule has 0 saturated heterocycles. The molecule has 0 spiro atoms. The molecular formula is C20H25N5OS. The average Bonchev–Trinajstić information content (AvgIpc) is 3.06. The van der Waals surface area contributed by atoms with E-state index in [1.807, 2.05) is 57.2 Å². The maximum atomic E-state index is 12.1. The molecule has 1 amide bonds. The number of nitrogens with zero attached hydrogens (tertiary/aromatic N) is 4. The van der Waals surface area contributed by atoms with Crippen molar-refractivity contribution in [3.63, 3.8) is 0 Å². The highest BCUT2D eigenvalue weighted by Gasteiger charge is 2.13. The Morgan fingerprint density at radius 1 is 1.11 bits per heavy atom. The number of hydrogen-bond donors (Lipinski definition) is 1. The Morgan fingerprint density at radius 3 is 2.48 bits per heavy atom. The third kappa shape index (κ3) is 4.26. The van der Waals surface area contributed by atoms with E-state index in [0.29, 0.717) is 6.54 Å². The van der Waals surface area contributed by atoms with Crippen LogP contribution in [-0.2, 0) is 4.79 Å². The molecule has 1 aromatic carbocycles. The number of nitrogens with one attached hydrogen (secondary N) is 1. The van der Waals surface area contributed by atoms with Gasteiger partial charge in [0.25, 0.3) is 0 Å². The van der Waals surface area contributed by atoms with Crippen molar-refractivity contribution in [3.8, 4) is 10.6 Å². The summed E-state index contributed by atoms with van der Waals surface area (Å²) in [6.07, 6.45) is 1.86. The van der Waals surface area contributed by atoms with Crippen LogP contribution in [0.5, 0.6) is 0 Å². The van der Waals surface area contributed by atoms with Crippen LogP contribution >= 0.6 is 11.3 Å². The molecule has 0 atom stereocenters. The van der Waals surface area contributed by atoms with Crippen LogP contribution in [0.3, 0.4) is 0 Å². The first-order chi connectivity index (χ1) is 12.7. The molecular weight excluding hydrogens is 358 g/mol. The maximum absolute atomic E-state index is 12.1. The molecule has 0 radical (unpaired) electrons. The molecule has 3 aromatic rings. The first-order valence-corrected chi connectivity index (χ1v) is 9.56. The molecule has 2 aromatic heterocycles. The Balaban J connectivity index is 2.01. The van der Waals surface area contributed by atoms with Crippen LogP contribution in [0.4, 0.5) is 10.8 Å². The standard InChI is InChI=1S/C20H25N5OS/c1-12-8-17(18-10-21-20(27-18)25(5)6)22-16-9-15(13(2)7-14(12)16)23-19(26)11-24(3)4/h7-10H,11H2,1-6H3,(H,23,26). The summed E-state index contributed by atoms with van der Waals surface area (Å²) in [5.74, 6) is -0.0339. The fourth-order valence-electron chi connectivity index (χ4n) is 2.88.